The maximum absolute atomic E-state index is 13.4. The second-order valence-electron chi connectivity index (χ2n) is 8.44. The molecule has 0 aliphatic heterocycles. The molecule has 0 amide bonds. The summed E-state index contributed by atoms with van der Waals surface area (Å²) in [4.78, 5) is 4.83. The molecule has 8 heteroatoms. The van der Waals surface area contributed by atoms with Gasteiger partial charge in [-0.15, -0.1) is 5.10 Å². The summed E-state index contributed by atoms with van der Waals surface area (Å²) in [5.41, 5.74) is 2.05. The molecule has 162 valence electrons. The third-order valence-corrected chi connectivity index (χ3v) is 7.01. The van der Waals surface area contributed by atoms with Crippen molar-refractivity contribution in [1.29, 1.82) is 0 Å². The van der Waals surface area contributed by atoms with Gasteiger partial charge in [-0.2, -0.15) is 4.52 Å². The highest BCUT2D eigenvalue weighted by Crippen LogP contribution is 2.28. The van der Waals surface area contributed by atoms with Gasteiger partial charge < -0.3 is 5.32 Å². The van der Waals surface area contributed by atoms with Crippen LogP contribution in [-0.2, 0) is 9.84 Å². The van der Waals surface area contributed by atoms with Gasteiger partial charge in [-0.05, 0) is 48.1 Å². The van der Waals surface area contributed by atoms with E-state index in [1.807, 2.05) is 36.4 Å². The first-order valence-electron chi connectivity index (χ1n) is 10.5. The van der Waals surface area contributed by atoms with Crippen molar-refractivity contribution in [3.05, 3.63) is 54.1 Å². The fourth-order valence-electron chi connectivity index (χ4n) is 3.48. The molecule has 0 radical (unpaired) electrons. The number of benzene rings is 2. The predicted octanol–water partition coefficient (Wildman–Crippen LogP) is 4.69. The van der Waals surface area contributed by atoms with Crippen molar-refractivity contribution in [2.75, 3.05) is 11.9 Å². The summed E-state index contributed by atoms with van der Waals surface area (Å²) in [6, 6.07) is 14.6. The maximum atomic E-state index is 13.4. The third-order valence-electron chi connectivity index (χ3n) is 5.35. The number of rotatable bonds is 7. The van der Waals surface area contributed by atoms with E-state index in [4.69, 9.17) is 0 Å². The van der Waals surface area contributed by atoms with Crippen molar-refractivity contribution in [2.24, 2.45) is 5.92 Å². The van der Waals surface area contributed by atoms with Gasteiger partial charge in [0.1, 0.15) is 5.82 Å². The predicted molar refractivity (Wildman–Crippen MR) is 122 cm³/mol. The van der Waals surface area contributed by atoms with Crippen molar-refractivity contribution >= 4 is 32.2 Å². The smallest absolute Gasteiger partial charge is 0.229 e. The van der Waals surface area contributed by atoms with Crippen molar-refractivity contribution in [3.8, 4) is 0 Å². The van der Waals surface area contributed by atoms with E-state index in [2.05, 4.69) is 48.3 Å². The van der Waals surface area contributed by atoms with Crippen molar-refractivity contribution in [1.82, 2.24) is 19.8 Å². The molecule has 2 heterocycles. The topological polar surface area (TPSA) is 89.2 Å². The highest BCUT2D eigenvalue weighted by molar-refractivity contribution is 7.91. The summed E-state index contributed by atoms with van der Waals surface area (Å²) in [6.07, 6.45) is 0.978. The average molecular weight is 438 g/mol. The lowest BCUT2D eigenvalue weighted by atomic mass is 10.0. The monoisotopic (exact) mass is 437 g/mol. The summed E-state index contributed by atoms with van der Waals surface area (Å²) in [5.74, 6) is 1.50. The van der Waals surface area contributed by atoms with E-state index < -0.39 is 9.84 Å². The summed E-state index contributed by atoms with van der Waals surface area (Å²) in [6.45, 7) is 9.20. The van der Waals surface area contributed by atoms with Crippen molar-refractivity contribution in [3.63, 3.8) is 0 Å². The minimum absolute atomic E-state index is 0.137. The zero-order chi connectivity index (χ0) is 22.2. The van der Waals surface area contributed by atoms with Crippen LogP contribution in [0, 0.1) is 5.92 Å². The first-order valence-corrected chi connectivity index (χ1v) is 12.0. The van der Waals surface area contributed by atoms with Gasteiger partial charge in [0.15, 0.2) is 5.65 Å². The van der Waals surface area contributed by atoms with Crippen molar-refractivity contribution < 1.29 is 8.42 Å². The number of sulfone groups is 1. The molecule has 0 aliphatic rings. The number of para-hydroxylation sites is 1. The molecule has 0 saturated heterocycles. The SMILES string of the molecule is CC(C)CCNc1nc2c(S(=O)(=O)c3ccc(C(C)C)cc3)nnn2c2ccccc12. The second-order valence-corrected chi connectivity index (χ2v) is 10.3. The maximum Gasteiger partial charge on any atom is 0.229 e. The van der Waals surface area contributed by atoms with Crippen LogP contribution in [-0.4, -0.2) is 34.8 Å². The Kier molecular flexibility index (Phi) is 5.66. The van der Waals surface area contributed by atoms with Crippen LogP contribution < -0.4 is 5.32 Å². The van der Waals surface area contributed by atoms with E-state index >= 15 is 0 Å². The van der Waals surface area contributed by atoms with Crippen LogP contribution in [0.4, 0.5) is 5.82 Å². The van der Waals surface area contributed by atoms with Gasteiger partial charge in [0, 0.05) is 11.9 Å². The van der Waals surface area contributed by atoms with E-state index in [1.165, 1.54) is 4.52 Å². The van der Waals surface area contributed by atoms with Gasteiger partial charge in [0.05, 0.1) is 10.4 Å². The lowest BCUT2D eigenvalue weighted by Crippen LogP contribution is -2.09. The molecule has 7 nitrogen and oxygen atoms in total. The zero-order valence-electron chi connectivity index (χ0n) is 18.2. The third kappa shape index (κ3) is 3.99. The highest BCUT2D eigenvalue weighted by Gasteiger charge is 2.27. The van der Waals surface area contributed by atoms with Gasteiger partial charge in [0.2, 0.25) is 14.9 Å². The molecule has 1 N–H and O–H groups in total. The zero-order valence-corrected chi connectivity index (χ0v) is 19.0. The Morgan fingerprint density at radius 1 is 1.00 bits per heavy atom. The summed E-state index contributed by atoms with van der Waals surface area (Å²) < 4.78 is 28.2. The molecule has 31 heavy (non-hydrogen) atoms. The number of nitrogens with zero attached hydrogens (tertiary/aromatic N) is 4. The fourth-order valence-corrected chi connectivity index (χ4v) is 4.71. The Morgan fingerprint density at radius 2 is 1.71 bits per heavy atom. The van der Waals surface area contributed by atoms with Crippen LogP contribution in [0.25, 0.3) is 16.6 Å². The Bertz CT molecular complexity index is 1330. The highest BCUT2D eigenvalue weighted by atomic mass is 32.2. The minimum Gasteiger partial charge on any atom is -0.369 e. The van der Waals surface area contributed by atoms with Gasteiger partial charge >= 0.3 is 0 Å². The number of anilines is 1. The molecular formula is C23H27N5O2S. The van der Waals surface area contributed by atoms with Crippen LogP contribution in [0.1, 0.15) is 45.6 Å². The van der Waals surface area contributed by atoms with Crippen LogP contribution in [0.3, 0.4) is 0 Å². The molecule has 0 saturated carbocycles. The van der Waals surface area contributed by atoms with E-state index in [0.717, 1.165) is 29.4 Å². The molecule has 4 rings (SSSR count). The molecule has 2 aromatic carbocycles. The molecule has 0 fully saturated rings. The van der Waals surface area contributed by atoms with Crippen LogP contribution in [0.15, 0.2) is 58.5 Å². The lowest BCUT2D eigenvalue weighted by molar-refractivity contribution is 0.592. The van der Waals surface area contributed by atoms with Crippen LogP contribution >= 0.6 is 0 Å². The molecule has 0 atom stereocenters. The normalized spacial score (nSPS) is 12.3. The Balaban J connectivity index is 1.84. The number of fused-ring (bicyclic) bond motifs is 3. The van der Waals surface area contributed by atoms with Gasteiger partial charge in [0.25, 0.3) is 0 Å². The second kappa shape index (κ2) is 8.26. The van der Waals surface area contributed by atoms with Gasteiger partial charge in [-0.1, -0.05) is 57.2 Å². The fraction of sp³-hybridized carbons (Fsp3) is 0.348. The number of nitrogens with one attached hydrogen (secondary N) is 1. The van der Waals surface area contributed by atoms with Crippen LogP contribution in [0.5, 0.6) is 0 Å². The standard InChI is InChI=1S/C23H27N5O2S/c1-15(2)13-14-24-21-19-7-5-6-8-20(19)28-22(25-21)23(26-27-28)31(29,30)18-11-9-17(10-12-18)16(3)4/h5-12,15-16H,13-14H2,1-4H3,(H,24,25). The van der Waals surface area contributed by atoms with Gasteiger partial charge in [-0.3, -0.25) is 0 Å². The molecular weight excluding hydrogens is 410 g/mol. The van der Waals surface area contributed by atoms with E-state index in [-0.39, 0.29) is 15.6 Å². The van der Waals surface area contributed by atoms with Crippen LogP contribution in [0.2, 0.25) is 0 Å². The summed E-state index contributed by atoms with van der Waals surface area (Å²) >= 11 is 0. The Labute approximate surface area is 182 Å². The summed E-state index contributed by atoms with van der Waals surface area (Å²) in [7, 11) is -3.87. The Hall–Kier alpha value is -3.00. The Morgan fingerprint density at radius 3 is 2.39 bits per heavy atom. The molecule has 0 bridgehead atoms. The number of hydrogen-bond donors (Lipinski definition) is 1. The van der Waals surface area contributed by atoms with E-state index in [9.17, 15) is 8.42 Å². The van der Waals surface area contributed by atoms with E-state index in [0.29, 0.717) is 17.7 Å². The molecule has 0 spiro atoms. The van der Waals surface area contributed by atoms with Crippen molar-refractivity contribution in [2.45, 2.75) is 50.0 Å². The molecule has 4 aromatic rings. The molecule has 0 aliphatic carbocycles. The average Bonchev–Trinajstić information content (AvgIpc) is 3.18. The largest absolute Gasteiger partial charge is 0.369 e. The van der Waals surface area contributed by atoms with Gasteiger partial charge in [-0.25, -0.2) is 13.4 Å². The summed E-state index contributed by atoms with van der Waals surface area (Å²) in [5, 5.41) is 12.3. The first kappa shape index (κ1) is 21.2. The number of aromatic nitrogens is 4. The lowest BCUT2D eigenvalue weighted by Gasteiger charge is -2.11. The molecule has 0 unspecified atom stereocenters. The van der Waals surface area contributed by atoms with E-state index in [1.54, 1.807) is 12.1 Å². The molecule has 2 aromatic heterocycles. The number of hydrogen-bond acceptors (Lipinski definition) is 6. The minimum atomic E-state index is -3.87. The first-order chi connectivity index (χ1) is 14.8. The quantitative estimate of drug-likeness (QED) is 0.451.